The first kappa shape index (κ1) is 14.3. The monoisotopic (exact) mass is 278 g/mol. The zero-order valence-corrected chi connectivity index (χ0v) is 11.4. The molecule has 20 heavy (non-hydrogen) atoms. The highest BCUT2D eigenvalue weighted by atomic mass is 16.6. The van der Waals surface area contributed by atoms with E-state index >= 15 is 0 Å². The summed E-state index contributed by atoms with van der Waals surface area (Å²) in [7, 11) is 0. The summed E-state index contributed by atoms with van der Waals surface area (Å²) in [4.78, 5) is 25.9. The number of rotatable bonds is 3. The molecule has 0 aromatic heterocycles. The largest absolute Gasteiger partial charge is 0.368 e. The van der Waals surface area contributed by atoms with E-state index in [1.54, 1.807) is 24.0 Å². The SMILES string of the molecule is C[C@@H](N)C(=O)N1CCN(c2cccc([N+](=O)[O-])c2)CC1. The molecule has 0 bridgehead atoms. The standard InChI is InChI=1S/C13H18N4O3/c1-10(14)13(18)16-7-5-15(6-8-16)11-3-2-4-12(9-11)17(19)20/h2-4,9-10H,5-8,14H2,1H3/t10-/m1/s1. The number of carbonyl (C=O) groups is 1. The molecule has 2 N–H and O–H groups in total. The smallest absolute Gasteiger partial charge is 0.271 e. The molecule has 1 aliphatic heterocycles. The molecule has 1 fully saturated rings. The third-order valence-electron chi connectivity index (χ3n) is 3.39. The molecule has 0 radical (unpaired) electrons. The Morgan fingerprint density at radius 3 is 2.55 bits per heavy atom. The summed E-state index contributed by atoms with van der Waals surface area (Å²) in [6, 6.07) is 6.06. The van der Waals surface area contributed by atoms with Crippen LogP contribution in [0.25, 0.3) is 0 Å². The number of hydrogen-bond acceptors (Lipinski definition) is 5. The number of benzene rings is 1. The van der Waals surface area contributed by atoms with Gasteiger partial charge in [0.1, 0.15) is 0 Å². The first-order valence-electron chi connectivity index (χ1n) is 6.53. The zero-order chi connectivity index (χ0) is 14.7. The first-order valence-corrected chi connectivity index (χ1v) is 6.53. The van der Waals surface area contributed by atoms with Crippen molar-refractivity contribution in [1.82, 2.24) is 4.90 Å². The van der Waals surface area contributed by atoms with Gasteiger partial charge >= 0.3 is 0 Å². The van der Waals surface area contributed by atoms with Gasteiger partial charge in [-0.25, -0.2) is 0 Å². The van der Waals surface area contributed by atoms with E-state index in [1.807, 2.05) is 11.0 Å². The number of carbonyl (C=O) groups excluding carboxylic acids is 1. The van der Waals surface area contributed by atoms with Crippen LogP contribution in [0.15, 0.2) is 24.3 Å². The average molecular weight is 278 g/mol. The summed E-state index contributed by atoms with van der Waals surface area (Å²) >= 11 is 0. The van der Waals surface area contributed by atoms with Crippen LogP contribution in [-0.2, 0) is 4.79 Å². The van der Waals surface area contributed by atoms with E-state index in [-0.39, 0.29) is 11.6 Å². The molecule has 108 valence electrons. The summed E-state index contributed by atoms with van der Waals surface area (Å²) < 4.78 is 0. The molecule has 0 aliphatic carbocycles. The molecule has 1 atom stereocenters. The van der Waals surface area contributed by atoms with E-state index in [2.05, 4.69) is 0 Å². The van der Waals surface area contributed by atoms with Crippen molar-refractivity contribution in [2.75, 3.05) is 31.1 Å². The van der Waals surface area contributed by atoms with Gasteiger partial charge in [0.15, 0.2) is 0 Å². The van der Waals surface area contributed by atoms with Gasteiger partial charge in [0.05, 0.1) is 11.0 Å². The van der Waals surface area contributed by atoms with E-state index < -0.39 is 11.0 Å². The predicted octanol–water partition coefficient (Wildman–Crippen LogP) is 0.591. The van der Waals surface area contributed by atoms with Crippen LogP contribution in [-0.4, -0.2) is 48.0 Å². The summed E-state index contributed by atoms with van der Waals surface area (Å²) in [5.74, 6) is -0.0521. The lowest BCUT2D eigenvalue weighted by Crippen LogP contribution is -2.52. The molecular formula is C13H18N4O3. The molecule has 2 rings (SSSR count). The summed E-state index contributed by atoms with van der Waals surface area (Å²) in [5.41, 5.74) is 6.48. The van der Waals surface area contributed by atoms with Crippen LogP contribution in [0.4, 0.5) is 11.4 Å². The quantitative estimate of drug-likeness (QED) is 0.645. The van der Waals surface area contributed by atoms with E-state index in [0.717, 1.165) is 5.69 Å². The van der Waals surface area contributed by atoms with Crippen molar-refractivity contribution in [2.24, 2.45) is 5.73 Å². The molecule has 1 aromatic rings. The van der Waals surface area contributed by atoms with Gasteiger partial charge in [-0.2, -0.15) is 0 Å². The Balaban J connectivity index is 2.02. The van der Waals surface area contributed by atoms with Gasteiger partial charge in [-0.3, -0.25) is 14.9 Å². The fourth-order valence-corrected chi connectivity index (χ4v) is 2.28. The summed E-state index contributed by atoms with van der Waals surface area (Å²) in [6.45, 7) is 4.15. The molecule has 7 heteroatoms. The molecule has 1 aromatic carbocycles. The Labute approximate surface area is 117 Å². The molecule has 1 saturated heterocycles. The molecule has 1 aliphatic rings. The first-order chi connectivity index (χ1) is 9.49. The number of anilines is 1. The van der Waals surface area contributed by atoms with Gasteiger partial charge in [-0.15, -0.1) is 0 Å². The van der Waals surface area contributed by atoms with Crippen molar-refractivity contribution >= 4 is 17.3 Å². The van der Waals surface area contributed by atoms with Crippen molar-refractivity contribution in [1.29, 1.82) is 0 Å². The van der Waals surface area contributed by atoms with Gasteiger partial charge in [0.25, 0.3) is 5.69 Å². The van der Waals surface area contributed by atoms with Crippen LogP contribution < -0.4 is 10.6 Å². The molecule has 1 heterocycles. The zero-order valence-electron chi connectivity index (χ0n) is 11.4. The number of nitro benzene ring substituents is 1. The van der Waals surface area contributed by atoms with Crippen LogP contribution in [0.2, 0.25) is 0 Å². The number of nitrogens with zero attached hydrogens (tertiary/aromatic N) is 3. The average Bonchev–Trinajstić information content (AvgIpc) is 2.46. The Bertz CT molecular complexity index is 510. The Hall–Kier alpha value is -2.15. The van der Waals surface area contributed by atoms with Crippen molar-refractivity contribution in [3.05, 3.63) is 34.4 Å². The lowest BCUT2D eigenvalue weighted by Gasteiger charge is -2.36. The lowest BCUT2D eigenvalue weighted by molar-refractivity contribution is -0.384. The van der Waals surface area contributed by atoms with Crippen molar-refractivity contribution in [3.8, 4) is 0 Å². The second-order valence-corrected chi connectivity index (χ2v) is 4.88. The molecule has 0 saturated carbocycles. The summed E-state index contributed by atoms with van der Waals surface area (Å²) in [5, 5.41) is 10.8. The van der Waals surface area contributed by atoms with Gasteiger partial charge in [0.2, 0.25) is 5.91 Å². The number of amides is 1. The molecule has 1 amide bonds. The predicted molar refractivity (Wildman–Crippen MR) is 75.5 cm³/mol. The minimum Gasteiger partial charge on any atom is -0.368 e. The maximum Gasteiger partial charge on any atom is 0.271 e. The lowest BCUT2D eigenvalue weighted by atomic mass is 10.2. The Morgan fingerprint density at radius 2 is 2.00 bits per heavy atom. The Morgan fingerprint density at radius 1 is 1.35 bits per heavy atom. The number of piperazine rings is 1. The molecule has 0 spiro atoms. The van der Waals surface area contributed by atoms with Crippen molar-refractivity contribution < 1.29 is 9.72 Å². The topological polar surface area (TPSA) is 92.7 Å². The fraction of sp³-hybridized carbons (Fsp3) is 0.462. The highest BCUT2D eigenvalue weighted by Gasteiger charge is 2.23. The third-order valence-corrected chi connectivity index (χ3v) is 3.39. The second kappa shape index (κ2) is 5.87. The van der Waals surface area contributed by atoms with Gasteiger partial charge in [-0.05, 0) is 13.0 Å². The number of hydrogen-bond donors (Lipinski definition) is 1. The van der Waals surface area contributed by atoms with Crippen LogP contribution >= 0.6 is 0 Å². The van der Waals surface area contributed by atoms with E-state index in [0.29, 0.717) is 26.2 Å². The highest BCUT2D eigenvalue weighted by molar-refractivity contribution is 5.81. The number of non-ortho nitro benzene ring substituents is 1. The van der Waals surface area contributed by atoms with Crippen LogP contribution in [0.5, 0.6) is 0 Å². The normalized spacial score (nSPS) is 16.9. The van der Waals surface area contributed by atoms with Crippen molar-refractivity contribution in [3.63, 3.8) is 0 Å². The third kappa shape index (κ3) is 3.05. The van der Waals surface area contributed by atoms with Crippen LogP contribution in [0.1, 0.15) is 6.92 Å². The highest BCUT2D eigenvalue weighted by Crippen LogP contribution is 2.22. The van der Waals surface area contributed by atoms with Crippen molar-refractivity contribution in [2.45, 2.75) is 13.0 Å². The fourth-order valence-electron chi connectivity index (χ4n) is 2.28. The number of nitro groups is 1. The molecule has 0 unspecified atom stereocenters. The number of nitrogens with two attached hydrogens (primary N) is 1. The van der Waals surface area contributed by atoms with Gasteiger partial charge in [-0.1, -0.05) is 6.07 Å². The maximum absolute atomic E-state index is 11.8. The van der Waals surface area contributed by atoms with E-state index in [9.17, 15) is 14.9 Å². The van der Waals surface area contributed by atoms with Gasteiger partial charge < -0.3 is 15.5 Å². The Kier molecular flexibility index (Phi) is 4.19. The van der Waals surface area contributed by atoms with E-state index in [4.69, 9.17) is 5.73 Å². The van der Waals surface area contributed by atoms with Gasteiger partial charge in [0, 0.05) is 44.0 Å². The van der Waals surface area contributed by atoms with Crippen LogP contribution in [0, 0.1) is 10.1 Å². The second-order valence-electron chi connectivity index (χ2n) is 4.88. The minimum absolute atomic E-state index is 0.0521. The maximum atomic E-state index is 11.8. The summed E-state index contributed by atoms with van der Waals surface area (Å²) in [6.07, 6.45) is 0. The minimum atomic E-state index is -0.487. The van der Waals surface area contributed by atoms with E-state index in [1.165, 1.54) is 6.07 Å². The molecular weight excluding hydrogens is 260 g/mol. The molecule has 7 nitrogen and oxygen atoms in total. The van der Waals surface area contributed by atoms with Crippen LogP contribution in [0.3, 0.4) is 0 Å².